The van der Waals surface area contributed by atoms with Crippen LogP contribution in [0.3, 0.4) is 0 Å². The Labute approximate surface area is 133 Å². The van der Waals surface area contributed by atoms with Gasteiger partial charge in [-0.3, -0.25) is 4.79 Å². The molecule has 1 fully saturated rings. The fourth-order valence-corrected chi connectivity index (χ4v) is 2.79. The lowest BCUT2D eigenvalue weighted by atomic mass is 9.96. The third kappa shape index (κ3) is 4.60. The Hall–Kier alpha value is -1.76. The summed E-state index contributed by atoms with van der Waals surface area (Å²) in [7, 11) is 3.31. The van der Waals surface area contributed by atoms with Crippen LogP contribution in [0.4, 0.5) is 13.2 Å². The van der Waals surface area contributed by atoms with E-state index in [0.717, 1.165) is 13.0 Å². The summed E-state index contributed by atoms with van der Waals surface area (Å²) in [5, 5.41) is 2.17. The van der Waals surface area contributed by atoms with E-state index in [9.17, 15) is 18.0 Å². The number of piperidine rings is 1. The van der Waals surface area contributed by atoms with Gasteiger partial charge in [0.1, 0.15) is 5.75 Å². The number of nitrogens with one attached hydrogen (secondary N) is 1. The zero-order valence-electron chi connectivity index (χ0n) is 13.2. The van der Waals surface area contributed by atoms with Gasteiger partial charge in [0.15, 0.2) is 6.04 Å². The third-order valence-corrected chi connectivity index (χ3v) is 4.06. The van der Waals surface area contributed by atoms with Crippen LogP contribution in [0.1, 0.15) is 24.4 Å². The maximum Gasteiger partial charge on any atom is 0.412 e. The van der Waals surface area contributed by atoms with Crippen LogP contribution in [-0.4, -0.2) is 44.2 Å². The molecule has 1 aliphatic rings. The molecular weight excluding hydrogens is 309 g/mol. The summed E-state index contributed by atoms with van der Waals surface area (Å²) in [6.07, 6.45) is -3.12. The van der Waals surface area contributed by atoms with Crippen molar-refractivity contribution in [3.8, 4) is 5.75 Å². The van der Waals surface area contributed by atoms with Crippen LogP contribution < -0.4 is 10.1 Å². The molecule has 7 heteroatoms. The van der Waals surface area contributed by atoms with E-state index in [1.165, 1.54) is 31.4 Å². The number of likely N-dealkylation sites (tertiary alicyclic amines) is 1. The van der Waals surface area contributed by atoms with Gasteiger partial charge < -0.3 is 15.0 Å². The number of carbonyl (C=O) groups is 1. The summed E-state index contributed by atoms with van der Waals surface area (Å²) in [5.74, 6) is -0.485. The van der Waals surface area contributed by atoms with Gasteiger partial charge >= 0.3 is 6.18 Å². The Morgan fingerprint density at radius 2 is 2.00 bits per heavy atom. The first kappa shape index (κ1) is 17.6. The molecule has 0 unspecified atom stereocenters. The fourth-order valence-electron chi connectivity index (χ4n) is 2.79. The summed E-state index contributed by atoms with van der Waals surface area (Å²) >= 11 is 0. The molecule has 1 saturated heterocycles. The molecule has 1 N–H and O–H groups in total. The topological polar surface area (TPSA) is 41.6 Å². The Morgan fingerprint density at radius 3 is 2.52 bits per heavy atom. The second-order valence-corrected chi connectivity index (χ2v) is 5.86. The molecule has 23 heavy (non-hydrogen) atoms. The highest BCUT2D eigenvalue weighted by Crippen LogP contribution is 2.34. The van der Waals surface area contributed by atoms with Gasteiger partial charge in [-0.15, -0.1) is 0 Å². The largest absolute Gasteiger partial charge is 0.497 e. The number of hydrogen-bond acceptors (Lipinski definition) is 3. The molecular formula is C16H21F3N2O2. The van der Waals surface area contributed by atoms with E-state index < -0.39 is 24.0 Å². The minimum absolute atomic E-state index is 0.00388. The van der Waals surface area contributed by atoms with Gasteiger partial charge in [-0.25, -0.2) is 0 Å². The molecule has 0 saturated carbocycles. The molecule has 1 aromatic carbocycles. The number of ether oxygens (including phenoxy) is 1. The minimum atomic E-state index is -4.55. The molecule has 4 nitrogen and oxygen atoms in total. The predicted molar refractivity (Wildman–Crippen MR) is 80.2 cm³/mol. The van der Waals surface area contributed by atoms with E-state index in [1.54, 1.807) is 0 Å². The summed E-state index contributed by atoms with van der Waals surface area (Å²) in [6, 6.07) is 3.55. The minimum Gasteiger partial charge on any atom is -0.497 e. The van der Waals surface area contributed by atoms with Crippen molar-refractivity contribution < 1.29 is 22.7 Å². The van der Waals surface area contributed by atoms with E-state index >= 15 is 0 Å². The second kappa shape index (κ2) is 7.21. The lowest BCUT2D eigenvalue weighted by Crippen LogP contribution is -2.45. The first-order chi connectivity index (χ1) is 10.8. The van der Waals surface area contributed by atoms with E-state index in [2.05, 4.69) is 5.32 Å². The number of benzene rings is 1. The van der Waals surface area contributed by atoms with Gasteiger partial charge in [0.2, 0.25) is 5.91 Å². The van der Waals surface area contributed by atoms with Gasteiger partial charge in [-0.1, -0.05) is 12.1 Å². The van der Waals surface area contributed by atoms with Gasteiger partial charge in [-0.2, -0.15) is 13.2 Å². The van der Waals surface area contributed by atoms with Crippen molar-refractivity contribution in [3.05, 3.63) is 29.8 Å². The molecule has 0 radical (unpaired) electrons. The van der Waals surface area contributed by atoms with Crippen molar-refractivity contribution in [2.75, 3.05) is 27.2 Å². The number of methoxy groups -OCH3 is 1. The molecule has 0 bridgehead atoms. The van der Waals surface area contributed by atoms with Crippen LogP contribution in [0.25, 0.3) is 0 Å². The van der Waals surface area contributed by atoms with E-state index in [4.69, 9.17) is 4.74 Å². The molecule has 1 heterocycles. The number of rotatable bonds is 4. The number of halogens is 3. The lowest BCUT2D eigenvalue weighted by molar-refractivity contribution is -0.165. The third-order valence-electron chi connectivity index (χ3n) is 4.06. The van der Waals surface area contributed by atoms with Gasteiger partial charge in [0.25, 0.3) is 0 Å². The van der Waals surface area contributed by atoms with Gasteiger partial charge in [0, 0.05) is 6.54 Å². The van der Waals surface area contributed by atoms with Crippen molar-refractivity contribution in [3.63, 3.8) is 0 Å². The predicted octanol–water partition coefficient (Wildman–Crippen LogP) is 2.76. The first-order valence-corrected chi connectivity index (χ1v) is 7.51. The molecule has 1 amide bonds. The van der Waals surface area contributed by atoms with E-state index in [0.29, 0.717) is 18.7 Å². The zero-order valence-corrected chi connectivity index (χ0v) is 13.2. The fraction of sp³-hybridized carbons (Fsp3) is 0.562. The van der Waals surface area contributed by atoms with Crippen LogP contribution in [0.5, 0.6) is 5.75 Å². The number of alkyl halides is 3. The highest BCUT2D eigenvalue weighted by molar-refractivity contribution is 5.79. The highest BCUT2D eigenvalue weighted by atomic mass is 19.4. The SMILES string of the molecule is COc1ccc([C@H](NC(=O)[C@H]2CCCN(C)C2)C(F)(F)F)cc1. The molecule has 1 aliphatic heterocycles. The van der Waals surface area contributed by atoms with Crippen molar-refractivity contribution in [2.24, 2.45) is 5.92 Å². The molecule has 128 valence electrons. The number of nitrogens with zero attached hydrogens (tertiary/aromatic N) is 1. The summed E-state index contributed by atoms with van der Waals surface area (Å²) in [5.41, 5.74) is -0.00388. The Bertz CT molecular complexity index is 531. The smallest absolute Gasteiger partial charge is 0.412 e. The van der Waals surface area contributed by atoms with Gasteiger partial charge in [-0.05, 0) is 44.1 Å². The monoisotopic (exact) mass is 330 g/mol. The Morgan fingerprint density at radius 1 is 1.35 bits per heavy atom. The molecule has 2 rings (SSSR count). The van der Waals surface area contributed by atoms with Crippen LogP contribution in [0.2, 0.25) is 0 Å². The quantitative estimate of drug-likeness (QED) is 0.923. The average molecular weight is 330 g/mol. The van der Waals surface area contributed by atoms with Crippen molar-refractivity contribution in [1.82, 2.24) is 10.2 Å². The van der Waals surface area contributed by atoms with Crippen LogP contribution in [0, 0.1) is 5.92 Å². The normalized spacial score (nSPS) is 20.8. The summed E-state index contributed by atoms with van der Waals surface area (Å²) in [6.45, 7) is 1.35. The standard InChI is InChI=1S/C16H21F3N2O2/c1-21-9-3-4-12(10-21)15(22)20-14(16(17,18)19)11-5-7-13(23-2)8-6-11/h5-8,12,14H,3-4,9-10H2,1-2H3,(H,20,22)/t12-,14-/m0/s1. The maximum absolute atomic E-state index is 13.3. The average Bonchev–Trinajstić information content (AvgIpc) is 2.51. The Kier molecular flexibility index (Phi) is 5.51. The number of hydrogen-bond donors (Lipinski definition) is 1. The van der Waals surface area contributed by atoms with Crippen molar-refractivity contribution >= 4 is 5.91 Å². The molecule has 2 atom stereocenters. The van der Waals surface area contributed by atoms with Gasteiger partial charge in [0.05, 0.1) is 13.0 Å². The van der Waals surface area contributed by atoms with Crippen molar-refractivity contribution in [2.45, 2.75) is 25.1 Å². The van der Waals surface area contributed by atoms with E-state index in [-0.39, 0.29) is 5.56 Å². The molecule has 0 aliphatic carbocycles. The van der Waals surface area contributed by atoms with Crippen LogP contribution in [0.15, 0.2) is 24.3 Å². The lowest BCUT2D eigenvalue weighted by Gasteiger charge is -2.30. The molecule has 0 aromatic heterocycles. The second-order valence-electron chi connectivity index (χ2n) is 5.86. The Balaban J connectivity index is 2.13. The number of carbonyl (C=O) groups excluding carboxylic acids is 1. The van der Waals surface area contributed by atoms with Crippen LogP contribution in [-0.2, 0) is 4.79 Å². The van der Waals surface area contributed by atoms with E-state index in [1.807, 2.05) is 11.9 Å². The van der Waals surface area contributed by atoms with Crippen molar-refractivity contribution in [1.29, 1.82) is 0 Å². The molecule has 1 aromatic rings. The highest BCUT2D eigenvalue weighted by Gasteiger charge is 2.42. The zero-order chi connectivity index (χ0) is 17.0. The molecule has 0 spiro atoms. The maximum atomic E-state index is 13.3. The summed E-state index contributed by atoms with van der Waals surface area (Å²) in [4.78, 5) is 14.2. The number of amides is 1. The summed E-state index contributed by atoms with van der Waals surface area (Å²) < 4.78 is 45.0. The first-order valence-electron chi connectivity index (χ1n) is 7.51. The van der Waals surface area contributed by atoms with Crippen LogP contribution >= 0.6 is 0 Å².